The van der Waals surface area contributed by atoms with E-state index < -0.39 is 0 Å². The number of carbonyl (C=O) groups is 1. The van der Waals surface area contributed by atoms with E-state index in [-0.39, 0.29) is 11.9 Å². The van der Waals surface area contributed by atoms with E-state index in [0.717, 1.165) is 11.8 Å². The summed E-state index contributed by atoms with van der Waals surface area (Å²) in [5.74, 6) is 0.113. The van der Waals surface area contributed by atoms with Gasteiger partial charge < -0.3 is 5.32 Å². The highest BCUT2D eigenvalue weighted by atomic mass is 79.9. The van der Waals surface area contributed by atoms with Gasteiger partial charge in [0.1, 0.15) is 0 Å². The van der Waals surface area contributed by atoms with Crippen molar-refractivity contribution in [2.75, 3.05) is 5.33 Å². The highest BCUT2D eigenvalue weighted by Gasteiger charge is 2.12. The summed E-state index contributed by atoms with van der Waals surface area (Å²) in [4.78, 5) is 12.6. The first-order valence-electron chi connectivity index (χ1n) is 4.66. The highest BCUT2D eigenvalue weighted by Crippen LogP contribution is 2.21. The largest absolute Gasteiger partial charge is 0.348 e. The molecule has 2 nitrogen and oxygen atoms in total. The minimum absolute atomic E-state index is 0.113. The summed E-state index contributed by atoms with van der Waals surface area (Å²) in [6.07, 6.45) is 1.48. The third-order valence-corrected chi connectivity index (χ3v) is 3.33. The summed E-state index contributed by atoms with van der Waals surface area (Å²) in [7, 11) is 0. The standard InChI is InChI=1S/C10H14BrNOS/c1-2-8(9-4-3-7-14-9)12-10(13)5-6-11/h3-4,7-8H,2,5-6H2,1H3,(H,12,13). The Balaban J connectivity index is 2.51. The number of thiophene rings is 1. The molecule has 0 saturated heterocycles. The summed E-state index contributed by atoms with van der Waals surface area (Å²) in [6, 6.07) is 4.26. The Bertz CT molecular complexity index is 274. The molecular formula is C10H14BrNOS. The Morgan fingerprint density at radius 1 is 1.71 bits per heavy atom. The molecule has 1 heterocycles. The monoisotopic (exact) mass is 275 g/mol. The molecule has 1 rings (SSSR count). The molecule has 1 aromatic heterocycles. The van der Waals surface area contributed by atoms with E-state index in [2.05, 4.69) is 34.2 Å². The molecule has 1 unspecified atom stereocenters. The van der Waals surface area contributed by atoms with Crippen LogP contribution in [0.3, 0.4) is 0 Å². The fourth-order valence-electron chi connectivity index (χ4n) is 1.22. The topological polar surface area (TPSA) is 29.1 Å². The number of carbonyl (C=O) groups excluding carboxylic acids is 1. The maximum atomic E-state index is 11.4. The number of nitrogens with one attached hydrogen (secondary N) is 1. The minimum Gasteiger partial charge on any atom is -0.348 e. The van der Waals surface area contributed by atoms with E-state index in [9.17, 15) is 4.79 Å². The molecule has 0 saturated carbocycles. The summed E-state index contributed by atoms with van der Waals surface area (Å²) in [5, 5.41) is 5.77. The number of halogens is 1. The second-order valence-corrected chi connectivity index (χ2v) is 4.76. The van der Waals surface area contributed by atoms with Gasteiger partial charge >= 0.3 is 0 Å². The lowest BCUT2D eigenvalue weighted by Gasteiger charge is -2.14. The van der Waals surface area contributed by atoms with Crippen molar-refractivity contribution < 1.29 is 4.79 Å². The number of amides is 1. The second kappa shape index (κ2) is 6.19. The first-order valence-corrected chi connectivity index (χ1v) is 6.66. The van der Waals surface area contributed by atoms with E-state index in [0.29, 0.717) is 6.42 Å². The Hall–Kier alpha value is -0.350. The molecule has 78 valence electrons. The number of alkyl halides is 1. The van der Waals surface area contributed by atoms with Crippen molar-refractivity contribution in [1.82, 2.24) is 5.32 Å². The molecule has 1 amide bonds. The molecule has 0 spiro atoms. The molecule has 0 bridgehead atoms. The third-order valence-electron chi connectivity index (χ3n) is 1.95. The molecule has 1 N–H and O–H groups in total. The van der Waals surface area contributed by atoms with Crippen molar-refractivity contribution in [3.63, 3.8) is 0 Å². The van der Waals surface area contributed by atoms with Crippen LogP contribution in [0.15, 0.2) is 17.5 Å². The Labute approximate surface area is 96.8 Å². The summed E-state index contributed by atoms with van der Waals surface area (Å²) < 4.78 is 0. The van der Waals surface area contributed by atoms with Crippen molar-refractivity contribution in [3.05, 3.63) is 22.4 Å². The fourth-order valence-corrected chi connectivity index (χ4v) is 2.44. The first kappa shape index (κ1) is 11.7. The van der Waals surface area contributed by atoms with Gasteiger partial charge in [0.05, 0.1) is 6.04 Å². The van der Waals surface area contributed by atoms with Gasteiger partial charge in [-0.15, -0.1) is 11.3 Å². The molecule has 0 aliphatic rings. The average Bonchev–Trinajstić information content (AvgIpc) is 2.67. The lowest BCUT2D eigenvalue weighted by Crippen LogP contribution is -2.27. The van der Waals surface area contributed by atoms with E-state index >= 15 is 0 Å². The Kier molecular flexibility index (Phi) is 5.19. The maximum absolute atomic E-state index is 11.4. The molecule has 1 atom stereocenters. The van der Waals surface area contributed by atoms with Gasteiger partial charge in [0.2, 0.25) is 5.91 Å². The number of hydrogen-bond acceptors (Lipinski definition) is 2. The minimum atomic E-state index is 0.113. The highest BCUT2D eigenvalue weighted by molar-refractivity contribution is 9.09. The Morgan fingerprint density at radius 2 is 2.50 bits per heavy atom. The molecule has 0 aliphatic heterocycles. The molecule has 0 aliphatic carbocycles. The van der Waals surface area contributed by atoms with Crippen LogP contribution in [0.5, 0.6) is 0 Å². The van der Waals surface area contributed by atoms with Crippen LogP contribution < -0.4 is 5.32 Å². The van der Waals surface area contributed by atoms with Gasteiger partial charge in [-0.1, -0.05) is 28.9 Å². The smallest absolute Gasteiger partial charge is 0.221 e. The van der Waals surface area contributed by atoms with Gasteiger partial charge in [-0.05, 0) is 17.9 Å². The lowest BCUT2D eigenvalue weighted by atomic mass is 10.2. The zero-order valence-corrected chi connectivity index (χ0v) is 10.5. The molecule has 0 fully saturated rings. The zero-order valence-electron chi connectivity index (χ0n) is 8.13. The third kappa shape index (κ3) is 3.42. The molecule has 0 radical (unpaired) electrons. The van der Waals surface area contributed by atoms with Crippen molar-refractivity contribution in [2.45, 2.75) is 25.8 Å². The van der Waals surface area contributed by atoms with Crippen LogP contribution in [0.25, 0.3) is 0 Å². The normalized spacial score (nSPS) is 12.4. The predicted molar refractivity (Wildman–Crippen MR) is 63.9 cm³/mol. The van der Waals surface area contributed by atoms with Crippen LogP contribution in [0, 0.1) is 0 Å². The summed E-state index contributed by atoms with van der Waals surface area (Å²) >= 11 is 4.94. The van der Waals surface area contributed by atoms with Crippen LogP contribution in [-0.2, 0) is 4.79 Å². The van der Waals surface area contributed by atoms with Gasteiger partial charge in [0.25, 0.3) is 0 Å². The maximum Gasteiger partial charge on any atom is 0.221 e. The van der Waals surface area contributed by atoms with Gasteiger partial charge in [0.15, 0.2) is 0 Å². The van der Waals surface area contributed by atoms with Crippen molar-refractivity contribution >= 4 is 33.2 Å². The number of hydrogen-bond donors (Lipinski definition) is 1. The zero-order chi connectivity index (χ0) is 10.4. The Morgan fingerprint density at radius 3 is 3.00 bits per heavy atom. The second-order valence-electron chi connectivity index (χ2n) is 2.98. The van der Waals surface area contributed by atoms with Crippen molar-refractivity contribution in [1.29, 1.82) is 0 Å². The van der Waals surface area contributed by atoms with E-state index in [4.69, 9.17) is 0 Å². The van der Waals surface area contributed by atoms with Crippen LogP contribution >= 0.6 is 27.3 Å². The quantitative estimate of drug-likeness (QED) is 0.823. The molecule has 0 aromatic carbocycles. The molecule has 1 aromatic rings. The van der Waals surface area contributed by atoms with Gasteiger partial charge in [-0.3, -0.25) is 4.79 Å². The van der Waals surface area contributed by atoms with Crippen molar-refractivity contribution in [2.24, 2.45) is 0 Å². The summed E-state index contributed by atoms with van der Waals surface area (Å²) in [5.41, 5.74) is 0. The van der Waals surface area contributed by atoms with Gasteiger partial charge in [0, 0.05) is 16.6 Å². The van der Waals surface area contributed by atoms with Crippen LogP contribution in [-0.4, -0.2) is 11.2 Å². The summed E-state index contributed by atoms with van der Waals surface area (Å²) in [6.45, 7) is 2.08. The molecule has 14 heavy (non-hydrogen) atoms. The van der Waals surface area contributed by atoms with Crippen LogP contribution in [0.1, 0.15) is 30.7 Å². The van der Waals surface area contributed by atoms with Crippen LogP contribution in [0.4, 0.5) is 0 Å². The average molecular weight is 276 g/mol. The van der Waals surface area contributed by atoms with Gasteiger partial charge in [-0.25, -0.2) is 0 Å². The van der Waals surface area contributed by atoms with E-state index in [1.807, 2.05) is 11.4 Å². The lowest BCUT2D eigenvalue weighted by molar-refractivity contribution is -0.121. The van der Waals surface area contributed by atoms with E-state index in [1.165, 1.54) is 4.88 Å². The van der Waals surface area contributed by atoms with Crippen LogP contribution in [0.2, 0.25) is 0 Å². The number of rotatable bonds is 5. The first-order chi connectivity index (χ1) is 6.77. The molecular weight excluding hydrogens is 262 g/mol. The molecule has 4 heteroatoms. The SMILES string of the molecule is CCC(NC(=O)CCBr)c1cccs1. The predicted octanol–water partition coefficient (Wildman–Crippen LogP) is 3.10. The fraction of sp³-hybridized carbons (Fsp3) is 0.500. The van der Waals surface area contributed by atoms with Gasteiger partial charge in [-0.2, -0.15) is 0 Å². The van der Waals surface area contributed by atoms with E-state index in [1.54, 1.807) is 11.3 Å². The van der Waals surface area contributed by atoms with Crippen molar-refractivity contribution in [3.8, 4) is 0 Å².